The van der Waals surface area contributed by atoms with Crippen molar-refractivity contribution >= 4 is 46.3 Å². The predicted molar refractivity (Wildman–Crippen MR) is 101 cm³/mol. The van der Waals surface area contributed by atoms with Crippen LogP contribution in [0, 0.1) is 5.82 Å². The molecule has 0 radical (unpaired) electrons. The molecule has 0 spiro atoms. The van der Waals surface area contributed by atoms with Gasteiger partial charge >= 0.3 is 5.97 Å². The molecule has 5 nitrogen and oxygen atoms in total. The Balaban J connectivity index is 1.88. The Morgan fingerprint density at radius 2 is 2.12 bits per heavy atom. The van der Waals surface area contributed by atoms with E-state index in [4.69, 9.17) is 16.6 Å². The molecule has 0 bridgehead atoms. The number of benzene rings is 1. The second-order valence-corrected chi connectivity index (χ2v) is 7.17. The van der Waals surface area contributed by atoms with E-state index in [1.165, 1.54) is 12.1 Å². The van der Waals surface area contributed by atoms with Crippen LogP contribution in [0.2, 0.25) is 0 Å². The van der Waals surface area contributed by atoms with Gasteiger partial charge in [0.1, 0.15) is 27.7 Å². The van der Waals surface area contributed by atoms with E-state index in [1.54, 1.807) is 37.3 Å². The highest BCUT2D eigenvalue weighted by molar-refractivity contribution is 8.26. The number of rotatable bonds is 5. The molecule has 1 aliphatic rings. The van der Waals surface area contributed by atoms with E-state index in [9.17, 15) is 19.1 Å². The van der Waals surface area contributed by atoms with Gasteiger partial charge in [0.25, 0.3) is 5.91 Å². The molecule has 1 N–H and O–H groups in total. The molecule has 134 valence electrons. The third-order valence-electron chi connectivity index (χ3n) is 3.85. The summed E-state index contributed by atoms with van der Waals surface area (Å²) >= 11 is 6.17. The van der Waals surface area contributed by atoms with E-state index in [0.717, 1.165) is 16.7 Å². The average Bonchev–Trinajstić information content (AvgIpc) is 3.16. The van der Waals surface area contributed by atoms with Gasteiger partial charge in [-0.2, -0.15) is 0 Å². The van der Waals surface area contributed by atoms with Crippen molar-refractivity contribution in [3.8, 4) is 11.3 Å². The van der Waals surface area contributed by atoms with Crippen LogP contribution in [0.5, 0.6) is 0 Å². The molecule has 1 aromatic heterocycles. The Morgan fingerprint density at radius 3 is 2.77 bits per heavy atom. The summed E-state index contributed by atoms with van der Waals surface area (Å²) in [4.78, 5) is 25.2. The van der Waals surface area contributed by atoms with Gasteiger partial charge in [0.05, 0.1) is 10.5 Å². The number of halogens is 1. The van der Waals surface area contributed by atoms with Crippen LogP contribution >= 0.6 is 24.0 Å². The maximum absolute atomic E-state index is 13.8. The SMILES string of the molecule is CCC(C(=O)O)N1C(=O)C(=Cc2ccc(-c3ccccc3F)o2)SC1=S. The fraction of sp³-hybridized carbons (Fsp3) is 0.167. The number of amides is 1. The highest BCUT2D eigenvalue weighted by Gasteiger charge is 2.39. The second-order valence-electron chi connectivity index (χ2n) is 5.50. The molecule has 1 saturated heterocycles. The van der Waals surface area contributed by atoms with Crippen LogP contribution < -0.4 is 0 Å². The number of carboxylic acids is 1. The van der Waals surface area contributed by atoms with Gasteiger partial charge in [-0.25, -0.2) is 9.18 Å². The molecule has 1 aromatic carbocycles. The predicted octanol–water partition coefficient (Wildman–Crippen LogP) is 4.15. The number of furan rings is 1. The monoisotopic (exact) mass is 391 g/mol. The fourth-order valence-corrected chi connectivity index (χ4v) is 3.92. The van der Waals surface area contributed by atoms with Gasteiger partial charge in [-0.1, -0.05) is 43.0 Å². The first kappa shape index (κ1) is 18.3. The van der Waals surface area contributed by atoms with Crippen LogP contribution in [0.4, 0.5) is 4.39 Å². The number of nitrogens with zero attached hydrogens (tertiary/aromatic N) is 1. The fourth-order valence-electron chi connectivity index (χ4n) is 2.58. The Kier molecular flexibility index (Phi) is 5.24. The highest BCUT2D eigenvalue weighted by atomic mass is 32.2. The molecule has 26 heavy (non-hydrogen) atoms. The van der Waals surface area contributed by atoms with E-state index in [-0.39, 0.29) is 15.6 Å². The first-order valence-electron chi connectivity index (χ1n) is 7.77. The minimum Gasteiger partial charge on any atom is -0.480 e. The van der Waals surface area contributed by atoms with Crippen molar-refractivity contribution < 1.29 is 23.5 Å². The van der Waals surface area contributed by atoms with Crippen LogP contribution in [-0.2, 0) is 9.59 Å². The van der Waals surface area contributed by atoms with E-state index in [0.29, 0.717) is 17.1 Å². The van der Waals surface area contributed by atoms with Crippen LogP contribution in [0.1, 0.15) is 19.1 Å². The molecule has 0 saturated carbocycles. The van der Waals surface area contributed by atoms with Gasteiger partial charge < -0.3 is 9.52 Å². The van der Waals surface area contributed by atoms with Crippen molar-refractivity contribution in [1.82, 2.24) is 4.90 Å². The minimum absolute atomic E-state index is 0.191. The third kappa shape index (κ3) is 3.42. The smallest absolute Gasteiger partial charge is 0.326 e. The third-order valence-corrected chi connectivity index (χ3v) is 5.18. The molecular formula is C18H14FNO4S2. The number of thiocarbonyl (C=S) groups is 1. The van der Waals surface area contributed by atoms with Crippen molar-refractivity contribution in [1.29, 1.82) is 0 Å². The molecule has 2 heterocycles. The van der Waals surface area contributed by atoms with Gasteiger partial charge in [-0.05, 0) is 30.7 Å². The van der Waals surface area contributed by atoms with Crippen molar-refractivity contribution in [3.05, 3.63) is 52.9 Å². The molecule has 1 fully saturated rings. The topological polar surface area (TPSA) is 70.8 Å². The Hall–Kier alpha value is -2.45. The number of thioether (sulfide) groups is 1. The minimum atomic E-state index is -1.11. The second kappa shape index (κ2) is 7.43. The molecule has 8 heteroatoms. The Morgan fingerprint density at radius 1 is 1.38 bits per heavy atom. The lowest BCUT2D eigenvalue weighted by atomic mass is 10.1. The lowest BCUT2D eigenvalue weighted by molar-refractivity contribution is -0.145. The summed E-state index contributed by atoms with van der Waals surface area (Å²) in [6, 6.07) is 8.43. The molecule has 1 aliphatic heterocycles. The van der Waals surface area contributed by atoms with Crippen molar-refractivity contribution in [2.75, 3.05) is 0 Å². The summed E-state index contributed by atoms with van der Waals surface area (Å²) in [7, 11) is 0. The summed E-state index contributed by atoms with van der Waals surface area (Å²) in [6.45, 7) is 1.67. The van der Waals surface area contributed by atoms with Crippen molar-refractivity contribution in [2.24, 2.45) is 0 Å². The van der Waals surface area contributed by atoms with Crippen molar-refractivity contribution in [2.45, 2.75) is 19.4 Å². The number of carbonyl (C=O) groups excluding carboxylic acids is 1. The number of aliphatic carboxylic acids is 1. The average molecular weight is 391 g/mol. The highest BCUT2D eigenvalue weighted by Crippen LogP contribution is 2.35. The first-order valence-corrected chi connectivity index (χ1v) is 8.99. The maximum atomic E-state index is 13.8. The van der Waals surface area contributed by atoms with Gasteiger partial charge in [0.2, 0.25) is 0 Å². The van der Waals surface area contributed by atoms with Crippen LogP contribution in [-0.4, -0.2) is 32.2 Å². The van der Waals surface area contributed by atoms with E-state index in [2.05, 4.69) is 0 Å². The normalized spacial score (nSPS) is 17.2. The molecule has 1 atom stereocenters. The van der Waals surface area contributed by atoms with Gasteiger partial charge in [-0.15, -0.1) is 0 Å². The summed E-state index contributed by atoms with van der Waals surface area (Å²) < 4.78 is 19.6. The number of hydrogen-bond acceptors (Lipinski definition) is 5. The molecule has 1 amide bonds. The van der Waals surface area contributed by atoms with E-state index in [1.807, 2.05) is 0 Å². The lowest BCUT2D eigenvalue weighted by Gasteiger charge is -2.21. The van der Waals surface area contributed by atoms with E-state index < -0.39 is 23.7 Å². The van der Waals surface area contributed by atoms with E-state index >= 15 is 0 Å². The molecule has 0 aliphatic carbocycles. The van der Waals surface area contributed by atoms with Crippen LogP contribution in [0.3, 0.4) is 0 Å². The molecule has 1 unspecified atom stereocenters. The molecular weight excluding hydrogens is 377 g/mol. The quantitative estimate of drug-likeness (QED) is 0.610. The first-order chi connectivity index (χ1) is 12.4. The summed E-state index contributed by atoms with van der Waals surface area (Å²) in [5.74, 6) is -1.30. The zero-order valence-electron chi connectivity index (χ0n) is 13.6. The zero-order chi connectivity index (χ0) is 18.8. The standard InChI is InChI=1S/C18H14FNO4S2/c1-2-13(17(22)23)20-16(21)15(26-18(20)25)9-10-7-8-14(24-10)11-5-3-4-6-12(11)19/h3-9,13H,2H2,1H3,(H,22,23). The van der Waals surface area contributed by atoms with Gasteiger partial charge in [-0.3, -0.25) is 9.69 Å². The largest absolute Gasteiger partial charge is 0.480 e. The molecule has 2 aromatic rings. The summed E-state index contributed by atoms with van der Waals surface area (Å²) in [5.41, 5.74) is 0.316. The summed E-state index contributed by atoms with van der Waals surface area (Å²) in [5, 5.41) is 9.26. The van der Waals surface area contributed by atoms with Gasteiger partial charge in [0, 0.05) is 6.08 Å². The molecule has 3 rings (SSSR count). The maximum Gasteiger partial charge on any atom is 0.326 e. The van der Waals surface area contributed by atoms with Crippen LogP contribution in [0.15, 0.2) is 45.7 Å². The Bertz CT molecular complexity index is 921. The number of carboxylic acid groups (broad SMARTS) is 1. The van der Waals surface area contributed by atoms with Crippen molar-refractivity contribution in [3.63, 3.8) is 0 Å². The van der Waals surface area contributed by atoms with Gasteiger partial charge in [0.15, 0.2) is 0 Å². The lowest BCUT2D eigenvalue weighted by Crippen LogP contribution is -2.43. The number of carbonyl (C=O) groups is 2. The Labute approximate surface area is 158 Å². The summed E-state index contributed by atoms with van der Waals surface area (Å²) in [6.07, 6.45) is 1.73. The van der Waals surface area contributed by atoms with Crippen LogP contribution in [0.25, 0.3) is 17.4 Å². The number of hydrogen-bond donors (Lipinski definition) is 1. The zero-order valence-corrected chi connectivity index (χ0v) is 15.3.